The molecule has 0 aromatic rings. The third kappa shape index (κ3) is 1.57. The van der Waals surface area contributed by atoms with E-state index in [0.717, 1.165) is 6.54 Å². The van der Waals surface area contributed by atoms with Crippen LogP contribution in [-0.4, -0.2) is 29.6 Å². The molecule has 0 bridgehead atoms. The van der Waals surface area contributed by atoms with E-state index >= 15 is 0 Å². The van der Waals surface area contributed by atoms with Crippen molar-refractivity contribution in [2.75, 3.05) is 13.1 Å². The van der Waals surface area contributed by atoms with Crippen LogP contribution in [0.3, 0.4) is 0 Å². The molecule has 2 heteroatoms. The number of hydrogen-bond donors (Lipinski definition) is 1. The fraction of sp³-hybridized carbons (Fsp3) is 1.00. The molecule has 1 fully saturated rings. The maximum absolute atomic E-state index is 6.04. The van der Waals surface area contributed by atoms with Gasteiger partial charge in [-0.2, -0.15) is 0 Å². The molecule has 66 valence electrons. The summed E-state index contributed by atoms with van der Waals surface area (Å²) in [6.07, 6.45) is 2.45. The molecule has 2 N–H and O–H groups in total. The Hall–Kier alpha value is -0.0800. The normalized spacial score (nSPS) is 32.2. The summed E-state index contributed by atoms with van der Waals surface area (Å²) in [4.78, 5) is 2.47. The van der Waals surface area contributed by atoms with E-state index in [-0.39, 0.29) is 5.54 Å². The Morgan fingerprint density at radius 2 is 2.18 bits per heavy atom. The van der Waals surface area contributed by atoms with Crippen molar-refractivity contribution >= 4 is 0 Å². The lowest BCUT2D eigenvalue weighted by atomic mass is 9.86. The molecule has 0 saturated carbocycles. The lowest BCUT2D eigenvalue weighted by molar-refractivity contribution is 0.0632. The molecule has 0 spiro atoms. The summed E-state index contributed by atoms with van der Waals surface area (Å²) in [5, 5.41) is 0. The summed E-state index contributed by atoms with van der Waals surface area (Å²) in [5.41, 5.74) is 6.25. The summed E-state index contributed by atoms with van der Waals surface area (Å²) >= 11 is 0. The summed E-state index contributed by atoms with van der Waals surface area (Å²) in [5.74, 6) is 0. The zero-order valence-electron chi connectivity index (χ0n) is 7.93. The third-order valence-corrected chi connectivity index (χ3v) is 3.05. The van der Waals surface area contributed by atoms with Crippen LogP contribution in [0.4, 0.5) is 0 Å². The van der Waals surface area contributed by atoms with E-state index < -0.39 is 0 Å². The minimum Gasteiger partial charge on any atom is -0.326 e. The van der Waals surface area contributed by atoms with Gasteiger partial charge in [-0.1, -0.05) is 6.92 Å². The van der Waals surface area contributed by atoms with Crippen molar-refractivity contribution in [3.8, 4) is 0 Å². The van der Waals surface area contributed by atoms with Gasteiger partial charge < -0.3 is 5.73 Å². The van der Waals surface area contributed by atoms with Crippen LogP contribution in [0, 0.1) is 0 Å². The Bertz CT molecular complexity index is 132. The third-order valence-electron chi connectivity index (χ3n) is 3.05. The second-order valence-corrected chi connectivity index (χ2v) is 3.98. The van der Waals surface area contributed by atoms with Crippen LogP contribution >= 0.6 is 0 Å². The van der Waals surface area contributed by atoms with E-state index in [4.69, 9.17) is 5.73 Å². The topological polar surface area (TPSA) is 29.3 Å². The zero-order valence-corrected chi connectivity index (χ0v) is 7.93. The largest absolute Gasteiger partial charge is 0.326 e. The first-order valence-corrected chi connectivity index (χ1v) is 4.59. The Morgan fingerprint density at radius 1 is 1.55 bits per heavy atom. The van der Waals surface area contributed by atoms with Crippen molar-refractivity contribution in [1.29, 1.82) is 0 Å². The number of hydrogen-bond acceptors (Lipinski definition) is 2. The molecular formula is C9H20N2. The van der Waals surface area contributed by atoms with Crippen LogP contribution in [0.5, 0.6) is 0 Å². The second-order valence-electron chi connectivity index (χ2n) is 3.98. The first-order chi connectivity index (χ1) is 5.09. The maximum atomic E-state index is 6.04. The molecule has 1 unspecified atom stereocenters. The molecule has 0 aromatic carbocycles. The Labute approximate surface area is 69.8 Å². The number of piperidine rings is 1. The summed E-state index contributed by atoms with van der Waals surface area (Å²) in [7, 11) is 0. The monoisotopic (exact) mass is 156 g/mol. The van der Waals surface area contributed by atoms with Crippen molar-refractivity contribution in [2.45, 2.75) is 45.2 Å². The molecule has 2 nitrogen and oxygen atoms in total. The highest BCUT2D eigenvalue weighted by atomic mass is 15.2. The van der Waals surface area contributed by atoms with E-state index in [0.29, 0.717) is 6.04 Å². The second kappa shape index (κ2) is 3.11. The molecule has 1 rings (SSSR count). The van der Waals surface area contributed by atoms with Crippen molar-refractivity contribution in [3.05, 3.63) is 0 Å². The van der Waals surface area contributed by atoms with Gasteiger partial charge in [0.25, 0.3) is 0 Å². The van der Waals surface area contributed by atoms with Gasteiger partial charge in [0, 0.05) is 11.6 Å². The first kappa shape index (κ1) is 9.01. The van der Waals surface area contributed by atoms with E-state index in [9.17, 15) is 0 Å². The molecule has 0 radical (unpaired) electrons. The summed E-state index contributed by atoms with van der Waals surface area (Å²) in [6.45, 7) is 9.05. The van der Waals surface area contributed by atoms with E-state index in [1.54, 1.807) is 0 Å². The van der Waals surface area contributed by atoms with Crippen LogP contribution in [-0.2, 0) is 0 Å². The Kier molecular flexibility index (Phi) is 2.55. The van der Waals surface area contributed by atoms with Gasteiger partial charge in [-0.25, -0.2) is 0 Å². The first-order valence-electron chi connectivity index (χ1n) is 4.59. The minimum atomic E-state index is 0.215. The van der Waals surface area contributed by atoms with Gasteiger partial charge in [0.15, 0.2) is 0 Å². The highest BCUT2D eigenvalue weighted by Gasteiger charge is 2.34. The summed E-state index contributed by atoms with van der Waals surface area (Å²) < 4.78 is 0. The van der Waals surface area contributed by atoms with Crippen molar-refractivity contribution in [1.82, 2.24) is 4.90 Å². The number of rotatable bonds is 1. The van der Waals surface area contributed by atoms with Crippen LogP contribution in [0.1, 0.15) is 33.6 Å². The van der Waals surface area contributed by atoms with Gasteiger partial charge in [0.1, 0.15) is 0 Å². The molecule has 0 aromatic heterocycles. The molecule has 11 heavy (non-hydrogen) atoms. The van der Waals surface area contributed by atoms with Gasteiger partial charge in [0.2, 0.25) is 0 Å². The number of likely N-dealkylation sites (tertiary alicyclic amines) is 1. The van der Waals surface area contributed by atoms with Crippen molar-refractivity contribution < 1.29 is 0 Å². The molecule has 1 aliphatic heterocycles. The van der Waals surface area contributed by atoms with Crippen LogP contribution in [0.25, 0.3) is 0 Å². The fourth-order valence-electron chi connectivity index (χ4n) is 1.94. The minimum absolute atomic E-state index is 0.215. The van der Waals surface area contributed by atoms with Crippen LogP contribution in [0.2, 0.25) is 0 Å². The van der Waals surface area contributed by atoms with Crippen molar-refractivity contribution in [2.24, 2.45) is 5.73 Å². The SMILES string of the molecule is CCN1CCCC(N)C1(C)C. The van der Waals surface area contributed by atoms with Gasteiger partial charge in [0.05, 0.1) is 0 Å². The van der Waals surface area contributed by atoms with E-state index in [1.807, 2.05) is 0 Å². The molecule has 0 amide bonds. The zero-order chi connectivity index (χ0) is 8.48. The van der Waals surface area contributed by atoms with Crippen LogP contribution < -0.4 is 5.73 Å². The van der Waals surface area contributed by atoms with Gasteiger partial charge >= 0.3 is 0 Å². The van der Waals surface area contributed by atoms with Gasteiger partial charge in [-0.05, 0) is 39.8 Å². The molecule has 1 atom stereocenters. The van der Waals surface area contributed by atoms with Gasteiger partial charge in [-0.3, -0.25) is 4.90 Å². The number of likely N-dealkylation sites (N-methyl/N-ethyl adjacent to an activating group) is 1. The predicted octanol–water partition coefficient (Wildman–Crippen LogP) is 1.21. The molecular weight excluding hydrogens is 136 g/mol. The molecule has 1 saturated heterocycles. The lowest BCUT2D eigenvalue weighted by Crippen LogP contribution is -2.59. The van der Waals surface area contributed by atoms with Gasteiger partial charge in [-0.15, -0.1) is 0 Å². The summed E-state index contributed by atoms with van der Waals surface area (Å²) in [6, 6.07) is 0.358. The highest BCUT2D eigenvalue weighted by Crippen LogP contribution is 2.25. The van der Waals surface area contributed by atoms with E-state index in [1.165, 1.54) is 19.4 Å². The van der Waals surface area contributed by atoms with E-state index in [2.05, 4.69) is 25.7 Å². The maximum Gasteiger partial charge on any atom is 0.0304 e. The smallest absolute Gasteiger partial charge is 0.0304 e. The lowest BCUT2D eigenvalue weighted by Gasteiger charge is -2.46. The Balaban J connectivity index is 2.64. The number of nitrogens with zero attached hydrogens (tertiary/aromatic N) is 1. The highest BCUT2D eigenvalue weighted by molar-refractivity contribution is 4.94. The molecule has 0 aliphatic carbocycles. The van der Waals surface area contributed by atoms with Crippen molar-refractivity contribution in [3.63, 3.8) is 0 Å². The average Bonchev–Trinajstić information content (AvgIpc) is 1.95. The average molecular weight is 156 g/mol. The fourth-order valence-corrected chi connectivity index (χ4v) is 1.94. The molecule has 1 heterocycles. The predicted molar refractivity (Wildman–Crippen MR) is 48.5 cm³/mol. The number of nitrogens with two attached hydrogens (primary N) is 1. The molecule has 1 aliphatic rings. The Morgan fingerprint density at radius 3 is 2.64 bits per heavy atom. The standard InChI is InChI=1S/C9H20N2/c1-4-11-7-5-6-8(10)9(11,2)3/h8H,4-7,10H2,1-3H3. The van der Waals surface area contributed by atoms with Crippen LogP contribution in [0.15, 0.2) is 0 Å². The quantitative estimate of drug-likeness (QED) is 0.618.